The lowest BCUT2D eigenvalue weighted by molar-refractivity contribution is -0.115. The fourth-order valence-corrected chi connectivity index (χ4v) is 3.72. The van der Waals surface area contributed by atoms with Gasteiger partial charge in [-0.1, -0.05) is 47.2 Å². The summed E-state index contributed by atoms with van der Waals surface area (Å²) >= 11 is 18.5. The maximum Gasteiger partial charge on any atom is 0.237 e. The molecule has 1 aromatic carbocycles. The van der Waals surface area contributed by atoms with E-state index in [0.717, 1.165) is 17.4 Å². The summed E-state index contributed by atoms with van der Waals surface area (Å²) in [4.78, 5) is 14.2. The average molecular weight is 365 g/mol. The quantitative estimate of drug-likeness (QED) is 0.768. The van der Waals surface area contributed by atoms with E-state index >= 15 is 0 Å². The molecule has 0 fully saturated rings. The van der Waals surface area contributed by atoms with Crippen LogP contribution < -0.4 is 5.32 Å². The summed E-state index contributed by atoms with van der Waals surface area (Å²) in [6, 6.07) is 4.93. The number of rotatable bonds is 5. The van der Waals surface area contributed by atoms with Crippen molar-refractivity contribution in [2.75, 3.05) is 18.4 Å². The van der Waals surface area contributed by atoms with Gasteiger partial charge in [0.15, 0.2) is 0 Å². The number of nitrogens with one attached hydrogen (secondary N) is 1. The summed E-state index contributed by atoms with van der Waals surface area (Å²) in [7, 11) is 0. The van der Waals surface area contributed by atoms with Crippen molar-refractivity contribution < 1.29 is 4.79 Å². The van der Waals surface area contributed by atoms with E-state index in [-0.39, 0.29) is 11.2 Å². The number of amides is 1. The zero-order valence-electron chi connectivity index (χ0n) is 12.2. The third-order valence-electron chi connectivity index (χ3n) is 2.80. The number of hydrogen-bond donors (Lipinski definition) is 1. The molecule has 1 atom stereocenters. The van der Waals surface area contributed by atoms with E-state index in [1.807, 2.05) is 25.7 Å². The van der Waals surface area contributed by atoms with Gasteiger partial charge in [0.25, 0.3) is 0 Å². The van der Waals surface area contributed by atoms with Gasteiger partial charge >= 0.3 is 0 Å². The van der Waals surface area contributed by atoms with Crippen molar-refractivity contribution in [3.63, 3.8) is 0 Å². The van der Waals surface area contributed by atoms with Crippen LogP contribution in [0.3, 0.4) is 0 Å². The van der Waals surface area contributed by atoms with Crippen LogP contribution in [0.25, 0.3) is 0 Å². The van der Waals surface area contributed by atoms with E-state index in [2.05, 4.69) is 5.32 Å². The molecule has 1 N–H and O–H groups in total. The molecular weight excluding hydrogens is 347 g/mol. The monoisotopic (exact) mass is 364 g/mol. The van der Waals surface area contributed by atoms with Crippen LogP contribution in [0.5, 0.6) is 0 Å². The van der Waals surface area contributed by atoms with Gasteiger partial charge in [0.05, 0.1) is 5.25 Å². The van der Waals surface area contributed by atoms with Crippen molar-refractivity contribution in [2.24, 2.45) is 0 Å². The summed E-state index contributed by atoms with van der Waals surface area (Å²) in [5, 5.41) is 3.47. The topological polar surface area (TPSA) is 32.3 Å². The van der Waals surface area contributed by atoms with Crippen LogP contribution in [0, 0.1) is 0 Å². The normalized spacial score (nSPS) is 11.9. The average Bonchev–Trinajstić information content (AvgIpc) is 2.38. The molecule has 0 aliphatic heterocycles. The molecule has 0 spiro atoms. The molecule has 1 rings (SSSR count). The maximum absolute atomic E-state index is 12.2. The highest BCUT2D eigenvalue weighted by Crippen LogP contribution is 2.24. The molecule has 0 heterocycles. The van der Waals surface area contributed by atoms with Crippen LogP contribution in [-0.4, -0.2) is 33.5 Å². The first-order valence-corrected chi connectivity index (χ1v) is 8.64. The van der Waals surface area contributed by atoms with Gasteiger partial charge < -0.3 is 10.2 Å². The lowest BCUT2D eigenvalue weighted by Gasteiger charge is -2.22. The van der Waals surface area contributed by atoms with Crippen molar-refractivity contribution in [1.82, 2.24) is 4.90 Å². The molecule has 0 aliphatic carbocycles. The van der Waals surface area contributed by atoms with E-state index in [9.17, 15) is 4.79 Å². The molecule has 0 aliphatic rings. The van der Waals surface area contributed by atoms with Crippen molar-refractivity contribution >= 4 is 63.1 Å². The molecule has 1 aromatic rings. The van der Waals surface area contributed by atoms with Gasteiger partial charge in [-0.05, 0) is 39.0 Å². The predicted octanol–water partition coefficient (Wildman–Crippen LogP) is 4.68. The number of carbonyl (C=O) groups is 1. The van der Waals surface area contributed by atoms with E-state index in [4.69, 9.17) is 35.4 Å². The highest BCUT2D eigenvalue weighted by Gasteiger charge is 2.18. The van der Waals surface area contributed by atoms with Gasteiger partial charge in [-0.2, -0.15) is 0 Å². The summed E-state index contributed by atoms with van der Waals surface area (Å²) in [5.41, 5.74) is 0.582. The summed E-state index contributed by atoms with van der Waals surface area (Å²) < 4.78 is 0.728. The fourth-order valence-electron chi connectivity index (χ4n) is 1.63. The summed E-state index contributed by atoms with van der Waals surface area (Å²) in [6.07, 6.45) is 0. The van der Waals surface area contributed by atoms with E-state index < -0.39 is 0 Å². The molecule has 116 valence electrons. The molecule has 1 amide bonds. The van der Waals surface area contributed by atoms with Crippen molar-refractivity contribution in [3.8, 4) is 0 Å². The number of carbonyl (C=O) groups excluding carboxylic acids is 1. The second-order valence-electron chi connectivity index (χ2n) is 4.35. The zero-order chi connectivity index (χ0) is 16.0. The Morgan fingerprint density at radius 1 is 1.29 bits per heavy atom. The summed E-state index contributed by atoms with van der Waals surface area (Å²) in [6.45, 7) is 7.56. The Hall–Kier alpha value is -0.490. The van der Waals surface area contributed by atoms with E-state index in [1.54, 1.807) is 18.2 Å². The minimum absolute atomic E-state index is 0.132. The van der Waals surface area contributed by atoms with E-state index in [0.29, 0.717) is 15.7 Å². The molecule has 0 unspecified atom stereocenters. The molecule has 7 heteroatoms. The number of benzene rings is 1. The van der Waals surface area contributed by atoms with Crippen LogP contribution in [0.2, 0.25) is 10.0 Å². The zero-order valence-corrected chi connectivity index (χ0v) is 15.3. The Bertz CT molecular complexity index is 501. The second kappa shape index (κ2) is 8.83. The fraction of sp³-hybridized carbons (Fsp3) is 0.429. The van der Waals surface area contributed by atoms with Gasteiger partial charge in [-0.25, -0.2) is 0 Å². The van der Waals surface area contributed by atoms with Gasteiger partial charge in [0.1, 0.15) is 4.32 Å². The number of hydrogen-bond acceptors (Lipinski definition) is 3. The molecule has 0 radical (unpaired) electrons. The molecule has 0 saturated heterocycles. The Balaban J connectivity index is 2.64. The first-order chi connectivity index (χ1) is 9.87. The standard InChI is InChI=1S/C14H18Cl2N2OS2/c1-4-18(5-2)14(20)21-9(3)13(19)17-12-7-10(15)6-11(16)8-12/h6-9H,4-5H2,1-3H3,(H,17,19)/t9-/m0/s1. The lowest BCUT2D eigenvalue weighted by Crippen LogP contribution is -2.31. The largest absolute Gasteiger partial charge is 0.358 e. The van der Waals surface area contributed by atoms with Crippen molar-refractivity contribution in [2.45, 2.75) is 26.0 Å². The Labute approximate surface area is 145 Å². The number of anilines is 1. The molecule has 0 saturated carbocycles. The minimum atomic E-state index is -0.296. The highest BCUT2D eigenvalue weighted by atomic mass is 35.5. The third-order valence-corrected chi connectivity index (χ3v) is 4.81. The predicted molar refractivity (Wildman–Crippen MR) is 97.7 cm³/mol. The SMILES string of the molecule is CCN(CC)C(=S)S[C@@H](C)C(=O)Nc1cc(Cl)cc(Cl)c1. The number of thioether (sulfide) groups is 1. The molecule has 3 nitrogen and oxygen atoms in total. The van der Waals surface area contributed by atoms with Gasteiger partial charge in [-0.3, -0.25) is 4.79 Å². The van der Waals surface area contributed by atoms with Crippen molar-refractivity contribution in [3.05, 3.63) is 28.2 Å². The van der Waals surface area contributed by atoms with Crippen LogP contribution in [-0.2, 0) is 4.79 Å². The molecule has 0 bridgehead atoms. The molecular formula is C14H18Cl2N2OS2. The second-order valence-corrected chi connectivity index (χ2v) is 7.19. The number of thiocarbonyl (C=S) groups is 1. The van der Waals surface area contributed by atoms with Crippen LogP contribution in [0.4, 0.5) is 5.69 Å². The number of halogens is 2. The smallest absolute Gasteiger partial charge is 0.237 e. The molecule has 21 heavy (non-hydrogen) atoms. The molecule has 0 aromatic heterocycles. The van der Waals surface area contributed by atoms with Gasteiger partial charge in [-0.15, -0.1) is 0 Å². The highest BCUT2D eigenvalue weighted by molar-refractivity contribution is 8.23. The lowest BCUT2D eigenvalue weighted by atomic mass is 10.3. The van der Waals surface area contributed by atoms with Crippen molar-refractivity contribution in [1.29, 1.82) is 0 Å². The first-order valence-electron chi connectivity index (χ1n) is 6.59. The van der Waals surface area contributed by atoms with Crippen LogP contribution in [0.1, 0.15) is 20.8 Å². The Morgan fingerprint density at radius 2 is 1.81 bits per heavy atom. The first kappa shape index (κ1) is 18.6. The van der Waals surface area contributed by atoms with Crippen LogP contribution in [0.15, 0.2) is 18.2 Å². The van der Waals surface area contributed by atoms with E-state index in [1.165, 1.54) is 11.8 Å². The van der Waals surface area contributed by atoms with Gasteiger partial charge in [0.2, 0.25) is 5.91 Å². The van der Waals surface area contributed by atoms with Crippen LogP contribution >= 0.6 is 47.2 Å². The number of nitrogens with zero attached hydrogens (tertiary/aromatic N) is 1. The third kappa shape index (κ3) is 6.02. The van der Waals surface area contributed by atoms with Gasteiger partial charge in [0, 0.05) is 28.8 Å². The minimum Gasteiger partial charge on any atom is -0.358 e. The summed E-state index contributed by atoms with van der Waals surface area (Å²) in [5.74, 6) is -0.132. The Morgan fingerprint density at radius 3 is 2.29 bits per heavy atom. The maximum atomic E-state index is 12.2. The Kier molecular flexibility index (Phi) is 7.81.